The van der Waals surface area contributed by atoms with E-state index in [1.807, 2.05) is 42.2 Å². The molecule has 1 amide bonds. The van der Waals surface area contributed by atoms with Gasteiger partial charge in [0.15, 0.2) is 0 Å². The lowest BCUT2D eigenvalue weighted by Crippen LogP contribution is -2.41. The third-order valence-electron chi connectivity index (χ3n) is 5.75. The van der Waals surface area contributed by atoms with Crippen LogP contribution in [-0.2, 0) is 21.2 Å². The first-order valence-corrected chi connectivity index (χ1v) is 11.6. The predicted octanol–water partition coefficient (Wildman–Crippen LogP) is 2.28. The summed E-state index contributed by atoms with van der Waals surface area (Å²) >= 11 is 0. The number of rotatable bonds is 4. The Labute approximate surface area is 172 Å². The van der Waals surface area contributed by atoms with Crippen LogP contribution in [-0.4, -0.2) is 62.8 Å². The van der Waals surface area contributed by atoms with Crippen molar-refractivity contribution in [3.05, 3.63) is 59.7 Å². The number of aryl methyl sites for hydroxylation is 1. The summed E-state index contributed by atoms with van der Waals surface area (Å²) in [6, 6.07) is 15.0. The molecule has 0 atom stereocenters. The van der Waals surface area contributed by atoms with Crippen LogP contribution in [0.3, 0.4) is 0 Å². The van der Waals surface area contributed by atoms with E-state index in [4.69, 9.17) is 0 Å². The average Bonchev–Trinajstić information content (AvgIpc) is 3.00. The SMILES string of the molecule is Cc1ccc(S(=O)(=O)N2CCCN(CC(=O)N3CCc4ccccc43)CC2)cc1. The number of benzene rings is 2. The molecule has 154 valence electrons. The average molecular weight is 414 g/mol. The Morgan fingerprint density at radius 3 is 2.48 bits per heavy atom. The number of amides is 1. The van der Waals surface area contributed by atoms with Crippen molar-refractivity contribution >= 4 is 21.6 Å². The summed E-state index contributed by atoms with van der Waals surface area (Å²) in [7, 11) is -3.50. The second-order valence-electron chi connectivity index (χ2n) is 7.77. The molecule has 2 heterocycles. The van der Waals surface area contributed by atoms with E-state index in [1.165, 1.54) is 5.56 Å². The van der Waals surface area contributed by atoms with E-state index < -0.39 is 10.0 Å². The zero-order valence-electron chi connectivity index (χ0n) is 16.8. The number of anilines is 1. The zero-order chi connectivity index (χ0) is 20.4. The van der Waals surface area contributed by atoms with Gasteiger partial charge in [-0.2, -0.15) is 4.31 Å². The minimum Gasteiger partial charge on any atom is -0.311 e. The Kier molecular flexibility index (Phi) is 5.72. The molecule has 2 aromatic rings. The molecule has 4 rings (SSSR count). The van der Waals surface area contributed by atoms with Crippen LogP contribution in [0.2, 0.25) is 0 Å². The van der Waals surface area contributed by atoms with Crippen molar-refractivity contribution in [3.63, 3.8) is 0 Å². The van der Waals surface area contributed by atoms with Crippen molar-refractivity contribution in [1.29, 1.82) is 0 Å². The van der Waals surface area contributed by atoms with Crippen molar-refractivity contribution in [2.24, 2.45) is 0 Å². The lowest BCUT2D eigenvalue weighted by molar-refractivity contribution is -0.119. The van der Waals surface area contributed by atoms with Crippen LogP contribution in [0.1, 0.15) is 17.5 Å². The highest BCUT2D eigenvalue weighted by Gasteiger charge is 2.29. The van der Waals surface area contributed by atoms with Crippen molar-refractivity contribution in [2.75, 3.05) is 44.2 Å². The molecule has 0 spiro atoms. The highest BCUT2D eigenvalue weighted by molar-refractivity contribution is 7.89. The fourth-order valence-electron chi connectivity index (χ4n) is 4.08. The lowest BCUT2D eigenvalue weighted by Gasteiger charge is -2.24. The molecule has 0 unspecified atom stereocenters. The van der Waals surface area contributed by atoms with Crippen LogP contribution in [0.5, 0.6) is 0 Å². The molecule has 0 saturated carbocycles. The Balaban J connectivity index is 1.39. The number of hydrogen-bond donors (Lipinski definition) is 0. The van der Waals surface area contributed by atoms with Crippen LogP contribution in [0.4, 0.5) is 5.69 Å². The molecule has 7 heteroatoms. The smallest absolute Gasteiger partial charge is 0.243 e. The van der Waals surface area contributed by atoms with E-state index in [1.54, 1.807) is 16.4 Å². The van der Waals surface area contributed by atoms with E-state index in [2.05, 4.69) is 11.0 Å². The fourth-order valence-corrected chi connectivity index (χ4v) is 5.55. The van der Waals surface area contributed by atoms with Gasteiger partial charge in [-0.15, -0.1) is 0 Å². The van der Waals surface area contributed by atoms with E-state index >= 15 is 0 Å². The predicted molar refractivity (Wildman–Crippen MR) is 113 cm³/mol. The summed E-state index contributed by atoms with van der Waals surface area (Å²) in [5.74, 6) is 0.0878. The van der Waals surface area contributed by atoms with Crippen molar-refractivity contribution in [2.45, 2.75) is 24.7 Å². The Morgan fingerprint density at radius 1 is 0.931 bits per heavy atom. The Morgan fingerprint density at radius 2 is 1.69 bits per heavy atom. The minimum absolute atomic E-state index is 0.0878. The number of nitrogens with zero attached hydrogens (tertiary/aromatic N) is 3. The van der Waals surface area contributed by atoms with Gasteiger partial charge < -0.3 is 4.90 Å². The topological polar surface area (TPSA) is 60.9 Å². The molecule has 1 fully saturated rings. The molecule has 1 saturated heterocycles. The maximum Gasteiger partial charge on any atom is 0.243 e. The number of hydrogen-bond acceptors (Lipinski definition) is 4. The fraction of sp³-hybridized carbons (Fsp3) is 0.409. The van der Waals surface area contributed by atoms with Gasteiger partial charge in [-0.05, 0) is 50.1 Å². The molecular weight excluding hydrogens is 386 g/mol. The minimum atomic E-state index is -3.50. The van der Waals surface area contributed by atoms with Crippen LogP contribution in [0, 0.1) is 6.92 Å². The molecule has 2 aromatic carbocycles. The molecule has 0 N–H and O–H groups in total. The van der Waals surface area contributed by atoms with E-state index in [0.29, 0.717) is 31.1 Å². The summed E-state index contributed by atoms with van der Waals surface area (Å²) in [5, 5.41) is 0. The Bertz CT molecular complexity index is 989. The normalized spacial score (nSPS) is 18.4. The van der Waals surface area contributed by atoms with Gasteiger partial charge in [0.05, 0.1) is 11.4 Å². The molecule has 2 aliphatic heterocycles. The van der Waals surface area contributed by atoms with Crippen molar-refractivity contribution in [3.8, 4) is 0 Å². The second kappa shape index (κ2) is 8.26. The summed E-state index contributed by atoms with van der Waals surface area (Å²) in [6.07, 6.45) is 1.61. The van der Waals surface area contributed by atoms with Crippen LogP contribution in [0.25, 0.3) is 0 Å². The molecule has 29 heavy (non-hydrogen) atoms. The lowest BCUT2D eigenvalue weighted by atomic mass is 10.2. The van der Waals surface area contributed by atoms with Crippen molar-refractivity contribution in [1.82, 2.24) is 9.21 Å². The van der Waals surface area contributed by atoms with Gasteiger partial charge in [-0.1, -0.05) is 35.9 Å². The second-order valence-corrected chi connectivity index (χ2v) is 9.71. The maximum atomic E-state index is 13.0. The zero-order valence-corrected chi connectivity index (χ0v) is 17.6. The van der Waals surface area contributed by atoms with E-state index in [-0.39, 0.29) is 5.91 Å². The molecule has 2 aliphatic rings. The summed E-state index contributed by atoms with van der Waals surface area (Å²) in [6.45, 7) is 5.16. The number of para-hydroxylation sites is 1. The highest BCUT2D eigenvalue weighted by atomic mass is 32.2. The van der Waals surface area contributed by atoms with Gasteiger partial charge >= 0.3 is 0 Å². The van der Waals surface area contributed by atoms with Gasteiger partial charge in [0.2, 0.25) is 15.9 Å². The first-order chi connectivity index (χ1) is 13.9. The molecule has 6 nitrogen and oxygen atoms in total. The Hall–Kier alpha value is -2.22. The first-order valence-electron chi connectivity index (χ1n) is 10.1. The third kappa shape index (κ3) is 4.22. The standard InChI is InChI=1S/C22H27N3O3S/c1-18-7-9-20(10-8-18)29(27,28)24-13-4-12-23(15-16-24)17-22(26)25-14-11-19-5-2-3-6-21(19)25/h2-3,5-10H,4,11-17H2,1H3. The monoisotopic (exact) mass is 413 g/mol. The number of fused-ring (bicyclic) bond motifs is 1. The summed E-state index contributed by atoms with van der Waals surface area (Å²) in [4.78, 5) is 17.1. The molecule has 0 radical (unpaired) electrons. The number of sulfonamides is 1. The molecule has 0 bridgehead atoms. The van der Waals surface area contributed by atoms with Gasteiger partial charge in [0, 0.05) is 31.9 Å². The molecule has 0 aromatic heterocycles. The highest BCUT2D eigenvalue weighted by Crippen LogP contribution is 2.27. The van der Waals surface area contributed by atoms with Crippen LogP contribution >= 0.6 is 0 Å². The van der Waals surface area contributed by atoms with Gasteiger partial charge in [-0.3, -0.25) is 9.69 Å². The number of carbonyl (C=O) groups excluding carboxylic acids is 1. The van der Waals surface area contributed by atoms with Gasteiger partial charge in [-0.25, -0.2) is 8.42 Å². The van der Waals surface area contributed by atoms with Gasteiger partial charge in [0.25, 0.3) is 0 Å². The molecule has 0 aliphatic carbocycles. The number of carbonyl (C=O) groups is 1. The van der Waals surface area contributed by atoms with Crippen LogP contribution in [0.15, 0.2) is 53.4 Å². The maximum absolute atomic E-state index is 13.0. The third-order valence-corrected chi connectivity index (χ3v) is 7.67. The summed E-state index contributed by atoms with van der Waals surface area (Å²) in [5.41, 5.74) is 3.26. The summed E-state index contributed by atoms with van der Waals surface area (Å²) < 4.78 is 27.5. The van der Waals surface area contributed by atoms with E-state index in [9.17, 15) is 13.2 Å². The quantitative estimate of drug-likeness (QED) is 0.772. The molecular formula is C22H27N3O3S. The first kappa shape index (κ1) is 20.1. The van der Waals surface area contributed by atoms with Crippen LogP contribution < -0.4 is 4.90 Å². The van der Waals surface area contributed by atoms with Gasteiger partial charge in [0.1, 0.15) is 0 Å². The van der Waals surface area contributed by atoms with Crippen molar-refractivity contribution < 1.29 is 13.2 Å². The largest absolute Gasteiger partial charge is 0.311 e. The van der Waals surface area contributed by atoms with E-state index in [0.717, 1.165) is 37.2 Å².